The highest BCUT2D eigenvalue weighted by molar-refractivity contribution is 5.96. The van der Waals surface area contributed by atoms with Gasteiger partial charge in [-0.25, -0.2) is 0 Å². The molecule has 2 rings (SSSR count). The van der Waals surface area contributed by atoms with Crippen molar-refractivity contribution in [3.63, 3.8) is 0 Å². The fourth-order valence-corrected chi connectivity index (χ4v) is 2.75. The van der Waals surface area contributed by atoms with Crippen molar-refractivity contribution in [1.82, 2.24) is 10.2 Å². The van der Waals surface area contributed by atoms with Crippen LogP contribution in [0, 0.1) is 13.8 Å². The smallest absolute Gasteiger partial charge is 0.251 e. The molecule has 4 nitrogen and oxygen atoms in total. The first-order chi connectivity index (χ1) is 12.6. The molecule has 0 heterocycles. The maximum atomic E-state index is 12.3. The maximum Gasteiger partial charge on any atom is 0.251 e. The van der Waals surface area contributed by atoms with Crippen LogP contribution in [0.25, 0.3) is 0 Å². The highest BCUT2D eigenvalue weighted by Gasteiger charge is 2.15. The zero-order valence-electron chi connectivity index (χ0n) is 17.2. The summed E-state index contributed by atoms with van der Waals surface area (Å²) < 4.78 is 0. The van der Waals surface area contributed by atoms with Gasteiger partial charge in [-0.05, 0) is 53.6 Å². The summed E-state index contributed by atoms with van der Waals surface area (Å²) in [6.45, 7) is 11.0. The fourth-order valence-electron chi connectivity index (χ4n) is 2.75. The van der Waals surface area contributed by atoms with Gasteiger partial charge in [-0.2, -0.15) is 0 Å². The van der Waals surface area contributed by atoms with Crippen LogP contribution in [0.15, 0.2) is 42.5 Å². The second-order valence-electron chi connectivity index (χ2n) is 8.18. The first-order valence-electron chi connectivity index (χ1n) is 9.27. The fraction of sp³-hybridized carbons (Fsp3) is 0.391. The number of hydrogen-bond donors (Lipinski definition) is 1. The molecule has 0 saturated heterocycles. The molecule has 0 bridgehead atoms. The van der Waals surface area contributed by atoms with Crippen molar-refractivity contribution in [3.05, 3.63) is 70.3 Å². The average Bonchev–Trinajstić information content (AvgIpc) is 2.61. The summed E-state index contributed by atoms with van der Waals surface area (Å²) in [6.07, 6.45) is 0. The highest BCUT2D eigenvalue weighted by atomic mass is 16.2. The third-order valence-corrected chi connectivity index (χ3v) is 4.83. The molecule has 2 aromatic rings. The number of amides is 2. The summed E-state index contributed by atoms with van der Waals surface area (Å²) in [4.78, 5) is 26.2. The normalized spacial score (nSPS) is 11.2. The monoisotopic (exact) mass is 366 g/mol. The van der Waals surface area contributed by atoms with Crippen LogP contribution < -0.4 is 5.32 Å². The lowest BCUT2D eigenvalue weighted by Gasteiger charge is -2.21. The SMILES string of the molecule is Cc1ccc(C(=O)NCC(=O)N(C)Cc2ccc(C(C)(C)C)cc2)cc1C. The Labute approximate surface area is 162 Å². The Bertz CT molecular complexity index is 817. The molecule has 27 heavy (non-hydrogen) atoms. The molecule has 0 aliphatic carbocycles. The van der Waals surface area contributed by atoms with Gasteiger partial charge in [-0.1, -0.05) is 51.1 Å². The van der Waals surface area contributed by atoms with Gasteiger partial charge >= 0.3 is 0 Å². The number of rotatable bonds is 5. The molecule has 0 atom stereocenters. The molecule has 0 fully saturated rings. The van der Waals surface area contributed by atoms with Crippen molar-refractivity contribution >= 4 is 11.8 Å². The molecular formula is C23H30N2O2. The Kier molecular flexibility index (Phi) is 6.42. The summed E-state index contributed by atoms with van der Waals surface area (Å²) in [5, 5.41) is 2.71. The molecule has 2 aromatic carbocycles. The van der Waals surface area contributed by atoms with Crippen LogP contribution in [0.2, 0.25) is 0 Å². The van der Waals surface area contributed by atoms with E-state index in [2.05, 4.69) is 50.4 Å². The third-order valence-electron chi connectivity index (χ3n) is 4.83. The summed E-state index contributed by atoms with van der Waals surface area (Å²) in [5.41, 5.74) is 5.22. The second kappa shape index (κ2) is 8.38. The first-order valence-corrected chi connectivity index (χ1v) is 9.27. The Morgan fingerprint density at radius 2 is 1.59 bits per heavy atom. The second-order valence-corrected chi connectivity index (χ2v) is 8.18. The number of benzene rings is 2. The van der Waals surface area contributed by atoms with E-state index in [4.69, 9.17) is 0 Å². The minimum Gasteiger partial charge on any atom is -0.343 e. The van der Waals surface area contributed by atoms with Gasteiger partial charge in [0.05, 0.1) is 6.54 Å². The lowest BCUT2D eigenvalue weighted by atomic mass is 9.87. The van der Waals surface area contributed by atoms with Crippen molar-refractivity contribution in [3.8, 4) is 0 Å². The van der Waals surface area contributed by atoms with E-state index in [1.165, 1.54) is 5.56 Å². The third kappa shape index (κ3) is 5.68. The Morgan fingerprint density at radius 3 is 2.15 bits per heavy atom. The molecular weight excluding hydrogens is 336 g/mol. The van der Waals surface area contributed by atoms with Crippen LogP contribution in [0.5, 0.6) is 0 Å². The number of aryl methyl sites for hydroxylation is 2. The molecule has 0 saturated carbocycles. The Morgan fingerprint density at radius 1 is 0.963 bits per heavy atom. The molecule has 0 aliphatic heterocycles. The van der Waals surface area contributed by atoms with Crippen LogP contribution in [-0.4, -0.2) is 30.3 Å². The van der Waals surface area contributed by atoms with Crippen molar-refractivity contribution in [2.75, 3.05) is 13.6 Å². The predicted molar refractivity (Wildman–Crippen MR) is 110 cm³/mol. The number of carbonyl (C=O) groups excluding carboxylic acids is 2. The van der Waals surface area contributed by atoms with Crippen LogP contribution in [0.3, 0.4) is 0 Å². The number of nitrogens with one attached hydrogen (secondary N) is 1. The van der Waals surface area contributed by atoms with E-state index in [1.807, 2.05) is 26.0 Å². The predicted octanol–water partition coefficient (Wildman–Crippen LogP) is 3.99. The van der Waals surface area contributed by atoms with Gasteiger partial charge in [0.15, 0.2) is 0 Å². The minimum absolute atomic E-state index is 0.0116. The van der Waals surface area contributed by atoms with Crippen molar-refractivity contribution in [2.24, 2.45) is 0 Å². The lowest BCUT2D eigenvalue weighted by molar-refractivity contribution is -0.129. The zero-order valence-corrected chi connectivity index (χ0v) is 17.2. The van der Waals surface area contributed by atoms with E-state index in [1.54, 1.807) is 18.0 Å². The molecule has 4 heteroatoms. The van der Waals surface area contributed by atoms with E-state index in [0.29, 0.717) is 12.1 Å². The molecule has 0 aliphatic rings. The average molecular weight is 367 g/mol. The van der Waals surface area contributed by atoms with Gasteiger partial charge in [-0.3, -0.25) is 9.59 Å². The standard InChI is InChI=1S/C23H30N2O2/c1-16-7-10-19(13-17(16)2)22(27)24-14-21(26)25(6)15-18-8-11-20(12-9-18)23(3,4)5/h7-13H,14-15H2,1-6H3,(H,24,27). The quantitative estimate of drug-likeness (QED) is 0.870. The number of likely N-dealkylation sites (N-methyl/N-ethyl adjacent to an activating group) is 1. The number of carbonyl (C=O) groups is 2. The van der Waals surface area contributed by atoms with E-state index in [0.717, 1.165) is 16.7 Å². The van der Waals surface area contributed by atoms with Gasteiger partial charge in [0, 0.05) is 19.2 Å². The summed E-state index contributed by atoms with van der Waals surface area (Å²) >= 11 is 0. The summed E-state index contributed by atoms with van der Waals surface area (Å²) in [7, 11) is 1.75. The minimum atomic E-state index is -0.227. The molecule has 0 unspecified atom stereocenters. The molecule has 1 N–H and O–H groups in total. The van der Waals surface area contributed by atoms with Gasteiger partial charge in [-0.15, -0.1) is 0 Å². The topological polar surface area (TPSA) is 49.4 Å². The van der Waals surface area contributed by atoms with Crippen LogP contribution >= 0.6 is 0 Å². The molecule has 0 radical (unpaired) electrons. The molecule has 0 aromatic heterocycles. The first kappa shape index (κ1) is 20.7. The maximum absolute atomic E-state index is 12.3. The van der Waals surface area contributed by atoms with Crippen molar-refractivity contribution < 1.29 is 9.59 Å². The van der Waals surface area contributed by atoms with E-state index >= 15 is 0 Å². The molecule has 2 amide bonds. The van der Waals surface area contributed by atoms with E-state index in [-0.39, 0.29) is 23.8 Å². The molecule has 144 valence electrons. The van der Waals surface area contributed by atoms with E-state index < -0.39 is 0 Å². The Hall–Kier alpha value is -2.62. The summed E-state index contributed by atoms with van der Waals surface area (Å²) in [5.74, 6) is -0.346. The van der Waals surface area contributed by atoms with Crippen molar-refractivity contribution in [2.45, 2.75) is 46.6 Å². The van der Waals surface area contributed by atoms with Gasteiger partial charge < -0.3 is 10.2 Å². The van der Waals surface area contributed by atoms with Gasteiger partial charge in [0.2, 0.25) is 5.91 Å². The number of hydrogen-bond acceptors (Lipinski definition) is 2. The number of nitrogens with zero attached hydrogens (tertiary/aromatic N) is 1. The van der Waals surface area contributed by atoms with Crippen LogP contribution in [0.4, 0.5) is 0 Å². The summed E-state index contributed by atoms with van der Waals surface area (Å²) in [6, 6.07) is 13.9. The van der Waals surface area contributed by atoms with E-state index in [9.17, 15) is 9.59 Å². The molecule has 0 spiro atoms. The lowest BCUT2D eigenvalue weighted by Crippen LogP contribution is -2.37. The van der Waals surface area contributed by atoms with Crippen molar-refractivity contribution in [1.29, 1.82) is 0 Å². The Balaban J connectivity index is 1.89. The largest absolute Gasteiger partial charge is 0.343 e. The van der Waals surface area contributed by atoms with Gasteiger partial charge in [0.1, 0.15) is 0 Å². The van der Waals surface area contributed by atoms with Gasteiger partial charge in [0.25, 0.3) is 5.91 Å². The zero-order chi connectivity index (χ0) is 20.2. The van der Waals surface area contributed by atoms with Crippen LogP contribution in [0.1, 0.15) is 53.4 Å². The highest BCUT2D eigenvalue weighted by Crippen LogP contribution is 2.22. The van der Waals surface area contributed by atoms with Crippen LogP contribution in [-0.2, 0) is 16.8 Å².